The number of hydrogen-bond donors (Lipinski definition) is 1. The molecule has 1 aromatic heterocycles. The summed E-state index contributed by atoms with van der Waals surface area (Å²) in [5, 5.41) is 11.6. The molecule has 1 N–H and O–H groups in total. The Morgan fingerprint density at radius 1 is 1.40 bits per heavy atom. The summed E-state index contributed by atoms with van der Waals surface area (Å²) >= 11 is 6.01. The van der Waals surface area contributed by atoms with Crippen LogP contribution < -0.4 is 4.90 Å². The molecule has 0 bridgehead atoms. The molecule has 1 saturated carbocycles. The number of carboxylic acids is 1. The van der Waals surface area contributed by atoms with Crippen LogP contribution in [0.3, 0.4) is 0 Å². The second-order valence-electron chi connectivity index (χ2n) is 5.41. The van der Waals surface area contributed by atoms with Gasteiger partial charge in [-0.25, -0.2) is 4.98 Å². The largest absolute Gasteiger partial charge is 0.481 e. The third-order valence-corrected chi connectivity index (χ3v) is 4.07. The Labute approximate surface area is 122 Å². The number of carbonyl (C=O) groups is 1. The molecule has 0 spiro atoms. The Morgan fingerprint density at radius 3 is 2.75 bits per heavy atom. The number of hydrogen-bond acceptors (Lipinski definition) is 3. The van der Waals surface area contributed by atoms with Crippen LogP contribution in [0.4, 0.5) is 5.69 Å². The summed E-state index contributed by atoms with van der Waals surface area (Å²) in [5.41, 5.74) is 2.11. The predicted molar refractivity (Wildman–Crippen MR) is 79.6 cm³/mol. The van der Waals surface area contributed by atoms with Crippen LogP contribution in [-0.2, 0) is 4.79 Å². The zero-order valence-electron chi connectivity index (χ0n) is 11.3. The van der Waals surface area contributed by atoms with E-state index in [1.165, 1.54) is 0 Å². The monoisotopic (exact) mass is 290 g/mol. The van der Waals surface area contributed by atoms with Crippen LogP contribution in [0.25, 0.3) is 10.8 Å². The van der Waals surface area contributed by atoms with Gasteiger partial charge in [-0.15, -0.1) is 0 Å². The van der Waals surface area contributed by atoms with E-state index < -0.39 is 5.97 Å². The highest BCUT2D eigenvalue weighted by Crippen LogP contribution is 2.50. The van der Waals surface area contributed by atoms with Crippen molar-refractivity contribution in [3.63, 3.8) is 0 Å². The van der Waals surface area contributed by atoms with Crippen molar-refractivity contribution < 1.29 is 9.90 Å². The van der Waals surface area contributed by atoms with Crippen LogP contribution in [-0.4, -0.2) is 30.2 Å². The molecule has 2 unspecified atom stereocenters. The lowest BCUT2D eigenvalue weighted by molar-refractivity contribution is -0.138. The average Bonchev–Trinajstić information content (AvgIpc) is 3.17. The van der Waals surface area contributed by atoms with Gasteiger partial charge in [0.05, 0.1) is 5.92 Å². The maximum Gasteiger partial charge on any atom is 0.307 e. The fourth-order valence-corrected chi connectivity index (χ4v) is 2.90. The van der Waals surface area contributed by atoms with E-state index in [2.05, 4.69) is 4.98 Å². The molecule has 1 aliphatic carbocycles. The van der Waals surface area contributed by atoms with Gasteiger partial charge in [0.15, 0.2) is 0 Å². The number of anilines is 1. The third kappa shape index (κ3) is 2.10. The number of aromatic nitrogens is 1. The number of rotatable bonds is 3. The van der Waals surface area contributed by atoms with E-state index in [9.17, 15) is 4.79 Å². The van der Waals surface area contributed by atoms with Crippen molar-refractivity contribution in [3.8, 4) is 0 Å². The zero-order chi connectivity index (χ0) is 14.4. The predicted octanol–water partition coefficient (Wildman–Crippen LogP) is 3.14. The summed E-state index contributed by atoms with van der Waals surface area (Å²) in [6, 6.07) is 5.86. The van der Waals surface area contributed by atoms with Crippen molar-refractivity contribution in [2.45, 2.75) is 12.3 Å². The van der Waals surface area contributed by atoms with Gasteiger partial charge in [-0.1, -0.05) is 17.7 Å². The maximum atomic E-state index is 11.1. The molecular weight excluding hydrogens is 276 g/mol. The molecule has 2 atom stereocenters. The zero-order valence-corrected chi connectivity index (χ0v) is 12.1. The van der Waals surface area contributed by atoms with Gasteiger partial charge < -0.3 is 10.0 Å². The first-order chi connectivity index (χ1) is 9.49. The van der Waals surface area contributed by atoms with E-state index in [0.29, 0.717) is 11.6 Å². The molecule has 0 radical (unpaired) electrons. The van der Waals surface area contributed by atoms with Crippen LogP contribution >= 0.6 is 11.6 Å². The minimum absolute atomic E-state index is 0.0877. The lowest BCUT2D eigenvalue weighted by Gasteiger charge is -2.17. The van der Waals surface area contributed by atoms with E-state index in [1.54, 1.807) is 6.20 Å². The van der Waals surface area contributed by atoms with Crippen LogP contribution in [0.1, 0.15) is 17.9 Å². The van der Waals surface area contributed by atoms with Crippen molar-refractivity contribution in [3.05, 3.63) is 35.1 Å². The number of aliphatic carboxylic acids is 1. The van der Waals surface area contributed by atoms with Crippen LogP contribution in [0.15, 0.2) is 24.4 Å². The van der Waals surface area contributed by atoms with Crippen molar-refractivity contribution >= 4 is 34.0 Å². The summed E-state index contributed by atoms with van der Waals surface area (Å²) in [5.74, 6) is -0.903. The molecule has 5 heteroatoms. The van der Waals surface area contributed by atoms with E-state index in [4.69, 9.17) is 16.7 Å². The van der Waals surface area contributed by atoms with Gasteiger partial charge in [-0.05, 0) is 35.4 Å². The minimum atomic E-state index is -0.722. The van der Waals surface area contributed by atoms with Crippen LogP contribution in [0.5, 0.6) is 0 Å². The van der Waals surface area contributed by atoms with Crippen molar-refractivity contribution in [2.24, 2.45) is 5.92 Å². The van der Waals surface area contributed by atoms with E-state index >= 15 is 0 Å². The molecule has 4 nitrogen and oxygen atoms in total. The first-order valence-corrected chi connectivity index (χ1v) is 6.85. The average molecular weight is 291 g/mol. The lowest BCUT2D eigenvalue weighted by atomic mass is 10.00. The number of pyridine rings is 1. The summed E-state index contributed by atoms with van der Waals surface area (Å²) in [6.45, 7) is 0. The quantitative estimate of drug-likeness (QED) is 0.882. The number of fused-ring (bicyclic) bond motifs is 1. The van der Waals surface area contributed by atoms with Gasteiger partial charge in [0.2, 0.25) is 0 Å². The molecule has 0 aliphatic heterocycles. The highest BCUT2D eigenvalue weighted by Gasteiger charge is 2.44. The molecular formula is C15H15ClN2O2. The Bertz CT molecular complexity index is 700. The lowest BCUT2D eigenvalue weighted by Crippen LogP contribution is -2.09. The Kier molecular flexibility index (Phi) is 3.05. The number of nitrogens with zero attached hydrogens (tertiary/aromatic N) is 2. The topological polar surface area (TPSA) is 53.4 Å². The van der Waals surface area contributed by atoms with Gasteiger partial charge in [0, 0.05) is 31.4 Å². The van der Waals surface area contributed by atoms with E-state index in [1.807, 2.05) is 37.2 Å². The normalized spacial score (nSPS) is 20.9. The highest BCUT2D eigenvalue weighted by molar-refractivity contribution is 6.30. The Balaban J connectivity index is 2.17. The number of carboxylic acid groups (broad SMARTS) is 1. The molecule has 104 valence electrons. The molecule has 1 heterocycles. The molecule has 1 fully saturated rings. The van der Waals surface area contributed by atoms with Gasteiger partial charge in [-0.3, -0.25) is 4.79 Å². The second-order valence-corrected chi connectivity index (χ2v) is 5.80. The number of halogens is 1. The molecule has 20 heavy (non-hydrogen) atoms. The Morgan fingerprint density at radius 2 is 2.15 bits per heavy atom. The van der Waals surface area contributed by atoms with E-state index in [0.717, 1.165) is 22.0 Å². The summed E-state index contributed by atoms with van der Waals surface area (Å²) in [6.07, 6.45) is 2.46. The highest BCUT2D eigenvalue weighted by atomic mass is 35.5. The van der Waals surface area contributed by atoms with Gasteiger partial charge >= 0.3 is 5.97 Å². The SMILES string of the molecule is CN(C)c1ccc(C2CC2C(=O)O)c2cc(Cl)ncc12. The summed E-state index contributed by atoms with van der Waals surface area (Å²) < 4.78 is 0. The fourth-order valence-electron chi connectivity index (χ4n) is 2.75. The third-order valence-electron chi connectivity index (χ3n) is 3.87. The molecule has 1 aromatic carbocycles. The summed E-state index contributed by atoms with van der Waals surface area (Å²) in [7, 11) is 3.94. The van der Waals surface area contributed by atoms with Crippen LogP contribution in [0, 0.1) is 5.92 Å². The molecule has 3 rings (SSSR count). The molecule has 0 saturated heterocycles. The van der Waals surface area contributed by atoms with Crippen LogP contribution in [0.2, 0.25) is 5.15 Å². The van der Waals surface area contributed by atoms with E-state index in [-0.39, 0.29) is 11.8 Å². The minimum Gasteiger partial charge on any atom is -0.481 e. The molecule has 1 aliphatic rings. The molecule has 0 amide bonds. The second kappa shape index (κ2) is 4.63. The Hall–Kier alpha value is -1.81. The smallest absolute Gasteiger partial charge is 0.307 e. The number of benzene rings is 1. The van der Waals surface area contributed by atoms with Crippen molar-refractivity contribution in [1.82, 2.24) is 4.98 Å². The first kappa shape index (κ1) is 13.2. The van der Waals surface area contributed by atoms with Gasteiger partial charge in [0.25, 0.3) is 0 Å². The fraction of sp³-hybridized carbons (Fsp3) is 0.333. The first-order valence-electron chi connectivity index (χ1n) is 6.47. The van der Waals surface area contributed by atoms with Crippen molar-refractivity contribution in [1.29, 1.82) is 0 Å². The molecule has 2 aromatic rings. The maximum absolute atomic E-state index is 11.1. The van der Waals surface area contributed by atoms with Gasteiger partial charge in [0.1, 0.15) is 5.15 Å². The van der Waals surface area contributed by atoms with Crippen molar-refractivity contribution in [2.75, 3.05) is 19.0 Å². The summed E-state index contributed by atoms with van der Waals surface area (Å²) in [4.78, 5) is 17.2. The van der Waals surface area contributed by atoms with Gasteiger partial charge in [-0.2, -0.15) is 0 Å². The standard InChI is InChI=1S/C15H15ClN2O2/c1-18(2)13-4-3-8(9-5-11(9)15(19)20)10-6-14(16)17-7-12(10)13/h3-4,6-7,9,11H,5H2,1-2H3,(H,19,20).